The normalized spacial score (nSPS) is 14.5. The molecule has 3 rings (SSSR count). The lowest BCUT2D eigenvalue weighted by molar-refractivity contribution is 0.0223. The van der Waals surface area contributed by atoms with E-state index in [1.807, 2.05) is 26.8 Å². The van der Waals surface area contributed by atoms with E-state index >= 15 is 0 Å². The Morgan fingerprint density at radius 2 is 2.13 bits per heavy atom. The number of rotatable bonds is 1. The molecule has 0 saturated carbocycles. The van der Waals surface area contributed by atoms with Crippen LogP contribution < -0.4 is 0 Å². The highest BCUT2D eigenvalue weighted by molar-refractivity contribution is 5.70. The summed E-state index contributed by atoms with van der Waals surface area (Å²) < 4.78 is 10.2. The lowest BCUT2D eigenvalue weighted by Gasteiger charge is -2.31. The number of phenolic OH excluding ortho intramolecular Hbond substituents is 1. The molecule has 23 heavy (non-hydrogen) atoms. The van der Waals surface area contributed by atoms with E-state index in [-0.39, 0.29) is 11.8 Å². The van der Waals surface area contributed by atoms with Crippen molar-refractivity contribution >= 4 is 6.09 Å². The van der Waals surface area contributed by atoms with Gasteiger partial charge in [0.2, 0.25) is 0 Å². The Kier molecular flexibility index (Phi) is 3.75. The number of carbonyl (C=O) groups excluding carboxylic acids is 1. The van der Waals surface area contributed by atoms with E-state index in [4.69, 9.17) is 9.26 Å². The molecule has 6 heteroatoms. The van der Waals surface area contributed by atoms with E-state index in [2.05, 4.69) is 5.16 Å². The third kappa shape index (κ3) is 3.31. The minimum absolute atomic E-state index is 0.173. The summed E-state index contributed by atoms with van der Waals surface area (Å²) in [5.41, 5.74) is 2.94. The molecule has 0 saturated heterocycles. The molecule has 1 aromatic carbocycles. The lowest BCUT2D eigenvalue weighted by Crippen LogP contribution is -2.39. The molecule has 122 valence electrons. The molecule has 0 unspecified atom stereocenters. The van der Waals surface area contributed by atoms with E-state index in [9.17, 15) is 9.90 Å². The molecule has 0 radical (unpaired) electrons. The average Bonchev–Trinajstić information content (AvgIpc) is 2.99. The maximum atomic E-state index is 12.2. The summed E-state index contributed by atoms with van der Waals surface area (Å²) >= 11 is 0. The van der Waals surface area contributed by atoms with Gasteiger partial charge in [0.05, 0.1) is 12.7 Å². The van der Waals surface area contributed by atoms with Crippen LogP contribution >= 0.6 is 0 Å². The fraction of sp³-hybridized carbons (Fsp3) is 0.412. The van der Waals surface area contributed by atoms with Gasteiger partial charge in [-0.3, -0.25) is 0 Å². The number of nitrogens with zero attached hydrogens (tertiary/aromatic N) is 2. The first kappa shape index (κ1) is 15.4. The number of carbonyl (C=O) groups is 1. The Hall–Kier alpha value is -2.50. The van der Waals surface area contributed by atoms with E-state index in [1.165, 1.54) is 6.26 Å². The minimum atomic E-state index is -0.530. The van der Waals surface area contributed by atoms with Crippen LogP contribution in [-0.2, 0) is 17.7 Å². The van der Waals surface area contributed by atoms with Crippen molar-refractivity contribution in [1.82, 2.24) is 10.1 Å². The zero-order valence-corrected chi connectivity index (χ0v) is 13.5. The zero-order chi connectivity index (χ0) is 16.6. The Balaban J connectivity index is 1.83. The van der Waals surface area contributed by atoms with Crippen LogP contribution in [0.15, 0.2) is 29.1 Å². The second-order valence-electron chi connectivity index (χ2n) is 6.70. The first-order chi connectivity index (χ1) is 10.8. The number of fused-ring (bicyclic) bond motifs is 1. The molecule has 0 spiro atoms. The SMILES string of the molecule is CC(C)(C)OC(=O)N1CCc2cc(-c3cnoc3)cc(O)c2C1. The van der Waals surface area contributed by atoms with E-state index in [0.29, 0.717) is 19.5 Å². The quantitative estimate of drug-likeness (QED) is 0.873. The number of amides is 1. The number of aromatic hydroxyl groups is 1. The van der Waals surface area contributed by atoms with Crippen LogP contribution in [0, 0.1) is 0 Å². The average molecular weight is 316 g/mol. The number of ether oxygens (including phenoxy) is 1. The van der Waals surface area contributed by atoms with Crippen LogP contribution in [0.4, 0.5) is 4.79 Å². The maximum absolute atomic E-state index is 12.2. The van der Waals surface area contributed by atoms with Gasteiger partial charge in [-0.1, -0.05) is 11.2 Å². The summed E-state index contributed by atoms with van der Waals surface area (Å²) in [5, 5.41) is 14.0. The van der Waals surface area contributed by atoms with E-state index < -0.39 is 5.60 Å². The predicted molar refractivity (Wildman–Crippen MR) is 84.0 cm³/mol. The molecule has 1 amide bonds. The van der Waals surface area contributed by atoms with Crippen molar-refractivity contribution in [3.8, 4) is 16.9 Å². The van der Waals surface area contributed by atoms with Crippen molar-refractivity contribution < 1.29 is 19.2 Å². The third-order valence-electron chi connectivity index (χ3n) is 3.74. The largest absolute Gasteiger partial charge is 0.508 e. The second-order valence-corrected chi connectivity index (χ2v) is 6.70. The summed E-state index contributed by atoms with van der Waals surface area (Å²) in [4.78, 5) is 13.8. The van der Waals surface area contributed by atoms with Crippen LogP contribution in [0.25, 0.3) is 11.1 Å². The number of aromatic nitrogens is 1. The third-order valence-corrected chi connectivity index (χ3v) is 3.74. The summed E-state index contributed by atoms with van der Waals surface area (Å²) in [6.07, 6.45) is 3.46. The van der Waals surface area contributed by atoms with Gasteiger partial charge in [0.1, 0.15) is 17.6 Å². The van der Waals surface area contributed by atoms with Gasteiger partial charge < -0.3 is 19.3 Å². The van der Waals surface area contributed by atoms with Crippen molar-refractivity contribution in [2.75, 3.05) is 6.54 Å². The van der Waals surface area contributed by atoms with Gasteiger partial charge >= 0.3 is 6.09 Å². The molecule has 2 aromatic rings. The van der Waals surface area contributed by atoms with Crippen LogP contribution in [0.1, 0.15) is 31.9 Å². The number of phenols is 1. The molecule has 0 fully saturated rings. The molecule has 1 aliphatic rings. The molecule has 0 bridgehead atoms. The van der Waals surface area contributed by atoms with Crippen LogP contribution in [0.2, 0.25) is 0 Å². The Labute approximate surface area is 134 Å². The standard InChI is InChI=1S/C17H20N2O4/c1-17(2,3)23-16(21)19-5-4-11-6-12(13-8-18-22-10-13)7-15(20)14(11)9-19/h6-8,10,20H,4-5,9H2,1-3H3. The molecule has 0 atom stereocenters. The lowest BCUT2D eigenvalue weighted by atomic mass is 9.94. The van der Waals surface area contributed by atoms with Gasteiger partial charge in [0.15, 0.2) is 0 Å². The molecule has 1 aromatic heterocycles. The topological polar surface area (TPSA) is 75.8 Å². The maximum Gasteiger partial charge on any atom is 0.410 e. The molecule has 1 N–H and O–H groups in total. The molecule has 0 aliphatic carbocycles. The van der Waals surface area contributed by atoms with Gasteiger partial charge in [0, 0.05) is 17.7 Å². The van der Waals surface area contributed by atoms with Gasteiger partial charge in [-0.05, 0) is 44.4 Å². The molecular formula is C17H20N2O4. The monoisotopic (exact) mass is 316 g/mol. The smallest absolute Gasteiger partial charge is 0.410 e. The van der Waals surface area contributed by atoms with Crippen LogP contribution in [0.5, 0.6) is 5.75 Å². The highest BCUT2D eigenvalue weighted by atomic mass is 16.6. The predicted octanol–water partition coefficient (Wildman–Crippen LogP) is 3.34. The molecule has 2 heterocycles. The number of hydrogen-bond donors (Lipinski definition) is 1. The highest BCUT2D eigenvalue weighted by Crippen LogP contribution is 2.33. The summed E-state index contributed by atoms with van der Waals surface area (Å²) in [6, 6.07) is 3.68. The van der Waals surface area contributed by atoms with Gasteiger partial charge in [-0.25, -0.2) is 4.79 Å². The number of hydrogen-bond acceptors (Lipinski definition) is 5. The number of benzene rings is 1. The fourth-order valence-electron chi connectivity index (χ4n) is 2.64. The van der Waals surface area contributed by atoms with E-state index in [0.717, 1.165) is 22.3 Å². The fourth-order valence-corrected chi connectivity index (χ4v) is 2.64. The van der Waals surface area contributed by atoms with Crippen LogP contribution in [-0.4, -0.2) is 33.4 Å². The Morgan fingerprint density at radius 3 is 2.78 bits per heavy atom. The van der Waals surface area contributed by atoms with Gasteiger partial charge in [-0.2, -0.15) is 0 Å². The van der Waals surface area contributed by atoms with Gasteiger partial charge in [-0.15, -0.1) is 0 Å². The summed E-state index contributed by atoms with van der Waals surface area (Å²) in [6.45, 7) is 6.43. The van der Waals surface area contributed by atoms with Gasteiger partial charge in [0.25, 0.3) is 0 Å². The summed E-state index contributed by atoms with van der Waals surface area (Å²) in [7, 11) is 0. The first-order valence-electron chi connectivity index (χ1n) is 7.56. The Morgan fingerprint density at radius 1 is 1.35 bits per heavy atom. The van der Waals surface area contributed by atoms with Crippen LogP contribution in [0.3, 0.4) is 0 Å². The van der Waals surface area contributed by atoms with E-state index in [1.54, 1.807) is 17.2 Å². The van der Waals surface area contributed by atoms with Crippen molar-refractivity contribution in [3.05, 3.63) is 35.7 Å². The summed E-state index contributed by atoms with van der Waals surface area (Å²) in [5.74, 6) is 0.173. The van der Waals surface area contributed by atoms with Crippen molar-refractivity contribution in [3.63, 3.8) is 0 Å². The zero-order valence-electron chi connectivity index (χ0n) is 13.5. The first-order valence-corrected chi connectivity index (χ1v) is 7.56. The highest BCUT2D eigenvalue weighted by Gasteiger charge is 2.27. The Bertz CT molecular complexity index is 717. The van der Waals surface area contributed by atoms with Crippen molar-refractivity contribution in [2.24, 2.45) is 0 Å². The minimum Gasteiger partial charge on any atom is -0.508 e. The second kappa shape index (κ2) is 5.61. The molecule has 6 nitrogen and oxygen atoms in total. The molecular weight excluding hydrogens is 296 g/mol. The van der Waals surface area contributed by atoms with Crippen molar-refractivity contribution in [2.45, 2.75) is 39.3 Å². The van der Waals surface area contributed by atoms with Crippen molar-refractivity contribution in [1.29, 1.82) is 0 Å². The molecule has 1 aliphatic heterocycles.